The average molecular weight is 354 g/mol. The fourth-order valence-corrected chi connectivity index (χ4v) is 3.64. The highest BCUT2D eigenvalue weighted by atomic mass is 16.2. The zero-order chi connectivity index (χ0) is 18.7. The maximum absolute atomic E-state index is 12.9. The topological polar surface area (TPSA) is 38.1 Å². The molecule has 1 fully saturated rings. The van der Waals surface area contributed by atoms with Gasteiger partial charge in [-0.15, -0.1) is 0 Å². The van der Waals surface area contributed by atoms with E-state index in [0.29, 0.717) is 5.69 Å². The third-order valence-electron chi connectivity index (χ3n) is 5.45. The van der Waals surface area contributed by atoms with Gasteiger partial charge in [-0.25, -0.2) is 0 Å². The summed E-state index contributed by atoms with van der Waals surface area (Å²) in [6.07, 6.45) is 4.55. The van der Waals surface area contributed by atoms with Gasteiger partial charge in [0.05, 0.1) is 5.69 Å². The molecule has 1 saturated heterocycles. The molecule has 140 valence electrons. The fourth-order valence-electron chi connectivity index (χ4n) is 3.64. The highest BCUT2D eigenvalue weighted by molar-refractivity contribution is 5.92. The van der Waals surface area contributed by atoms with Crippen molar-refractivity contribution < 1.29 is 4.79 Å². The van der Waals surface area contributed by atoms with Crippen molar-refractivity contribution >= 4 is 5.91 Å². The number of carbonyl (C=O) groups is 1. The minimum Gasteiger partial charge on any atom is -0.337 e. The summed E-state index contributed by atoms with van der Waals surface area (Å²) in [5.41, 5.74) is 3.05. The second-order valence-corrected chi connectivity index (χ2v) is 8.55. The molecular formula is C22H31N3O. The number of piperidine rings is 1. The molecule has 1 aromatic carbocycles. The van der Waals surface area contributed by atoms with Crippen LogP contribution in [0.25, 0.3) is 0 Å². The number of nitrogens with zero attached hydrogens (tertiary/aromatic N) is 3. The molecule has 1 aliphatic heterocycles. The van der Waals surface area contributed by atoms with E-state index in [2.05, 4.69) is 56.2 Å². The second-order valence-electron chi connectivity index (χ2n) is 8.55. The normalized spacial score (nSPS) is 16.1. The second kappa shape index (κ2) is 7.65. The molecule has 0 atom stereocenters. The highest BCUT2D eigenvalue weighted by Crippen LogP contribution is 2.25. The van der Waals surface area contributed by atoms with Crippen LogP contribution in [0.2, 0.25) is 0 Å². The lowest BCUT2D eigenvalue weighted by molar-refractivity contribution is 0.0676. The molecule has 0 saturated carbocycles. The quantitative estimate of drug-likeness (QED) is 0.826. The van der Waals surface area contributed by atoms with Crippen LogP contribution in [0.5, 0.6) is 0 Å². The Bertz CT molecular complexity index is 734. The van der Waals surface area contributed by atoms with Crippen LogP contribution in [-0.4, -0.2) is 33.7 Å². The van der Waals surface area contributed by atoms with Crippen molar-refractivity contribution in [3.63, 3.8) is 0 Å². The summed E-state index contributed by atoms with van der Waals surface area (Å²) in [5, 5.41) is 4.54. The molecule has 1 aromatic heterocycles. The molecule has 1 amide bonds. The number of amides is 1. The summed E-state index contributed by atoms with van der Waals surface area (Å²) >= 11 is 0. The molecule has 0 spiro atoms. The Labute approximate surface area is 157 Å². The van der Waals surface area contributed by atoms with Crippen LogP contribution >= 0.6 is 0 Å². The van der Waals surface area contributed by atoms with Crippen molar-refractivity contribution in [3.8, 4) is 0 Å². The van der Waals surface area contributed by atoms with E-state index in [9.17, 15) is 4.79 Å². The largest absolute Gasteiger partial charge is 0.337 e. The van der Waals surface area contributed by atoms with Crippen LogP contribution in [0.15, 0.2) is 36.4 Å². The maximum atomic E-state index is 12.9. The summed E-state index contributed by atoms with van der Waals surface area (Å²) in [5.74, 6) is 0.841. The lowest BCUT2D eigenvalue weighted by atomic mass is 9.90. The standard InChI is InChI=1S/C22H31N3O/c1-22(2,3)20-16-19(24(4)23-20)21(26)25-14-12-18(13-15-25)11-10-17-8-6-5-7-9-17/h5-9,16,18H,10-15H2,1-4H3. The van der Waals surface area contributed by atoms with Crippen LogP contribution in [0.3, 0.4) is 0 Å². The van der Waals surface area contributed by atoms with E-state index in [1.165, 1.54) is 12.0 Å². The van der Waals surface area contributed by atoms with Gasteiger partial charge in [0.1, 0.15) is 5.69 Å². The minimum absolute atomic E-state index is 0.0410. The van der Waals surface area contributed by atoms with Crippen molar-refractivity contribution in [2.45, 2.75) is 51.9 Å². The van der Waals surface area contributed by atoms with Crippen molar-refractivity contribution in [2.75, 3.05) is 13.1 Å². The number of benzene rings is 1. The van der Waals surface area contributed by atoms with Gasteiger partial charge in [-0.1, -0.05) is 51.1 Å². The van der Waals surface area contributed by atoms with Crippen molar-refractivity contribution in [3.05, 3.63) is 53.3 Å². The lowest BCUT2D eigenvalue weighted by Crippen LogP contribution is -2.39. The zero-order valence-electron chi connectivity index (χ0n) is 16.5. The number of carbonyl (C=O) groups excluding carboxylic acids is 1. The minimum atomic E-state index is -0.0410. The molecule has 2 aromatic rings. The first-order valence-electron chi connectivity index (χ1n) is 9.72. The van der Waals surface area contributed by atoms with Gasteiger partial charge in [0.2, 0.25) is 0 Å². The van der Waals surface area contributed by atoms with Crippen molar-refractivity contribution in [1.29, 1.82) is 0 Å². The monoisotopic (exact) mass is 353 g/mol. The van der Waals surface area contributed by atoms with E-state index >= 15 is 0 Å². The number of rotatable bonds is 4. The first-order chi connectivity index (χ1) is 12.3. The predicted molar refractivity (Wildman–Crippen MR) is 105 cm³/mol. The van der Waals surface area contributed by atoms with E-state index in [4.69, 9.17) is 0 Å². The summed E-state index contributed by atoms with van der Waals surface area (Å²) in [4.78, 5) is 14.9. The van der Waals surface area contributed by atoms with Crippen LogP contribution in [0, 0.1) is 5.92 Å². The van der Waals surface area contributed by atoms with Gasteiger partial charge in [-0.2, -0.15) is 5.10 Å². The summed E-state index contributed by atoms with van der Waals surface area (Å²) < 4.78 is 1.74. The molecule has 4 heteroatoms. The Balaban J connectivity index is 1.55. The van der Waals surface area contributed by atoms with Crippen molar-refractivity contribution in [2.24, 2.45) is 13.0 Å². The Morgan fingerprint density at radius 2 is 1.81 bits per heavy atom. The average Bonchev–Trinajstić information content (AvgIpc) is 3.03. The smallest absolute Gasteiger partial charge is 0.272 e. The van der Waals surface area contributed by atoms with Gasteiger partial charge in [0.15, 0.2) is 0 Å². The summed E-state index contributed by atoms with van der Waals surface area (Å²) in [6.45, 7) is 8.09. The lowest BCUT2D eigenvalue weighted by Gasteiger charge is -2.32. The number of aromatic nitrogens is 2. The molecule has 0 radical (unpaired) electrons. The third kappa shape index (κ3) is 4.35. The fraction of sp³-hybridized carbons (Fsp3) is 0.545. The summed E-state index contributed by atoms with van der Waals surface area (Å²) in [6, 6.07) is 12.6. The zero-order valence-corrected chi connectivity index (χ0v) is 16.5. The molecule has 2 heterocycles. The molecule has 0 N–H and O–H groups in total. The molecular weight excluding hydrogens is 322 g/mol. The number of hydrogen-bond acceptors (Lipinski definition) is 2. The summed E-state index contributed by atoms with van der Waals surface area (Å²) in [7, 11) is 1.87. The first kappa shape index (κ1) is 18.7. The molecule has 4 nitrogen and oxygen atoms in total. The van der Waals surface area contributed by atoms with Gasteiger partial charge in [-0.3, -0.25) is 9.48 Å². The number of likely N-dealkylation sites (tertiary alicyclic amines) is 1. The molecule has 0 unspecified atom stereocenters. The number of hydrogen-bond donors (Lipinski definition) is 0. The van der Waals surface area contributed by atoms with Crippen LogP contribution in [-0.2, 0) is 18.9 Å². The van der Waals surface area contributed by atoms with Gasteiger partial charge in [0, 0.05) is 25.6 Å². The number of aryl methyl sites for hydroxylation is 2. The van der Waals surface area contributed by atoms with Crippen LogP contribution in [0.1, 0.15) is 61.8 Å². The van der Waals surface area contributed by atoms with Gasteiger partial charge in [-0.05, 0) is 43.2 Å². The first-order valence-corrected chi connectivity index (χ1v) is 9.72. The van der Waals surface area contributed by atoms with Crippen molar-refractivity contribution in [1.82, 2.24) is 14.7 Å². The Morgan fingerprint density at radius 1 is 1.15 bits per heavy atom. The molecule has 0 bridgehead atoms. The van der Waals surface area contributed by atoms with Gasteiger partial charge < -0.3 is 4.90 Å². The van der Waals surface area contributed by atoms with Gasteiger partial charge >= 0.3 is 0 Å². The molecule has 1 aliphatic rings. The van der Waals surface area contributed by atoms with E-state index in [1.54, 1.807) is 4.68 Å². The SMILES string of the molecule is Cn1nc(C(C)(C)C)cc1C(=O)N1CCC(CCc2ccccc2)CC1. The van der Waals surface area contributed by atoms with E-state index < -0.39 is 0 Å². The van der Waals surface area contributed by atoms with E-state index in [0.717, 1.165) is 44.0 Å². The van der Waals surface area contributed by atoms with Crippen LogP contribution < -0.4 is 0 Å². The van der Waals surface area contributed by atoms with E-state index in [-0.39, 0.29) is 11.3 Å². The van der Waals surface area contributed by atoms with Gasteiger partial charge in [0.25, 0.3) is 5.91 Å². The predicted octanol–water partition coefficient (Wildman–Crippen LogP) is 4.20. The van der Waals surface area contributed by atoms with Crippen LogP contribution in [0.4, 0.5) is 0 Å². The van der Waals surface area contributed by atoms with E-state index in [1.807, 2.05) is 18.0 Å². The maximum Gasteiger partial charge on any atom is 0.272 e. The molecule has 26 heavy (non-hydrogen) atoms. The molecule has 3 rings (SSSR count). The highest BCUT2D eigenvalue weighted by Gasteiger charge is 2.27. The Kier molecular flexibility index (Phi) is 5.49. The Morgan fingerprint density at radius 3 is 2.38 bits per heavy atom. The third-order valence-corrected chi connectivity index (χ3v) is 5.45. The molecule has 0 aliphatic carbocycles. The Hall–Kier alpha value is -2.10.